The maximum atomic E-state index is 12.7. The number of aromatic nitrogens is 2. The number of nitrogens with one attached hydrogen (secondary N) is 4. The molecule has 0 aliphatic carbocycles. The van der Waals surface area contributed by atoms with Crippen LogP contribution in [0.15, 0.2) is 12.5 Å². The number of imidazole rings is 1. The van der Waals surface area contributed by atoms with Crippen molar-refractivity contribution in [2.24, 2.45) is 17.6 Å². The van der Waals surface area contributed by atoms with E-state index in [0.717, 1.165) is 0 Å². The first kappa shape index (κ1) is 26.1. The summed E-state index contributed by atoms with van der Waals surface area (Å²) in [6.07, 6.45) is 3.57. The predicted molar refractivity (Wildman–Crippen MR) is 114 cm³/mol. The van der Waals surface area contributed by atoms with Gasteiger partial charge in [0.15, 0.2) is 0 Å². The van der Waals surface area contributed by atoms with E-state index < -0.39 is 47.9 Å². The van der Waals surface area contributed by atoms with Crippen LogP contribution < -0.4 is 21.7 Å². The number of carboxylic acid groups (broad SMARTS) is 1. The van der Waals surface area contributed by atoms with Crippen molar-refractivity contribution in [1.82, 2.24) is 25.9 Å². The molecule has 4 atom stereocenters. The van der Waals surface area contributed by atoms with Crippen LogP contribution in [-0.2, 0) is 25.6 Å². The molecule has 0 fully saturated rings. The Balaban J connectivity index is 2.73. The van der Waals surface area contributed by atoms with E-state index in [2.05, 4.69) is 25.9 Å². The van der Waals surface area contributed by atoms with Crippen molar-refractivity contribution in [2.45, 2.75) is 71.6 Å². The highest BCUT2D eigenvalue weighted by molar-refractivity contribution is 5.93. The van der Waals surface area contributed by atoms with Crippen LogP contribution in [0.2, 0.25) is 0 Å². The average Bonchev–Trinajstić information content (AvgIpc) is 3.17. The second-order valence-electron chi connectivity index (χ2n) is 8.38. The summed E-state index contributed by atoms with van der Waals surface area (Å²) in [4.78, 5) is 55.6. The topological polar surface area (TPSA) is 179 Å². The minimum Gasteiger partial charge on any atom is -0.480 e. The van der Waals surface area contributed by atoms with Crippen molar-refractivity contribution in [3.05, 3.63) is 18.2 Å². The summed E-state index contributed by atoms with van der Waals surface area (Å²) < 4.78 is 0. The molecular weight excluding hydrogens is 404 g/mol. The molecule has 1 aromatic heterocycles. The number of carbonyl (C=O) groups excluding carboxylic acids is 3. The minimum atomic E-state index is -1.15. The zero-order valence-corrected chi connectivity index (χ0v) is 18.6. The minimum absolute atomic E-state index is 0.0612. The van der Waals surface area contributed by atoms with Gasteiger partial charge in [0.25, 0.3) is 0 Å². The largest absolute Gasteiger partial charge is 0.480 e. The van der Waals surface area contributed by atoms with Crippen LogP contribution in [0.3, 0.4) is 0 Å². The van der Waals surface area contributed by atoms with E-state index in [1.807, 2.05) is 13.8 Å². The van der Waals surface area contributed by atoms with Crippen molar-refractivity contribution in [3.63, 3.8) is 0 Å². The number of carbonyl (C=O) groups is 4. The molecule has 0 saturated heterocycles. The zero-order valence-electron chi connectivity index (χ0n) is 18.6. The molecule has 1 rings (SSSR count). The van der Waals surface area contributed by atoms with Gasteiger partial charge in [0.05, 0.1) is 12.4 Å². The van der Waals surface area contributed by atoms with E-state index >= 15 is 0 Å². The SMILES string of the molecule is CC(C)CC(NC(=O)C(C)NC(=O)C(N)Cc1cnc[nH]1)C(=O)NC(C(=O)O)C(C)C. The molecule has 0 saturated carbocycles. The van der Waals surface area contributed by atoms with Crippen molar-refractivity contribution < 1.29 is 24.3 Å². The van der Waals surface area contributed by atoms with Gasteiger partial charge >= 0.3 is 5.97 Å². The summed E-state index contributed by atoms with van der Waals surface area (Å²) in [5.74, 6) is -3.09. The number of rotatable bonds is 12. The van der Waals surface area contributed by atoms with Gasteiger partial charge in [-0.1, -0.05) is 27.7 Å². The first-order chi connectivity index (χ1) is 14.4. The fourth-order valence-corrected chi connectivity index (χ4v) is 2.88. The highest BCUT2D eigenvalue weighted by Crippen LogP contribution is 2.08. The fourth-order valence-electron chi connectivity index (χ4n) is 2.88. The van der Waals surface area contributed by atoms with E-state index in [1.54, 1.807) is 20.0 Å². The van der Waals surface area contributed by atoms with Crippen LogP contribution in [0.4, 0.5) is 0 Å². The molecule has 0 spiro atoms. The summed E-state index contributed by atoms with van der Waals surface area (Å²) in [6, 6.07) is -3.83. The number of aromatic amines is 1. The molecule has 1 aromatic rings. The number of aliphatic carboxylic acids is 1. The van der Waals surface area contributed by atoms with Crippen LogP contribution in [0.1, 0.15) is 46.7 Å². The molecule has 0 aromatic carbocycles. The summed E-state index contributed by atoms with van der Waals surface area (Å²) in [5.41, 5.74) is 6.56. The zero-order chi connectivity index (χ0) is 23.7. The summed E-state index contributed by atoms with van der Waals surface area (Å²) in [5, 5.41) is 16.9. The van der Waals surface area contributed by atoms with Gasteiger partial charge < -0.3 is 31.8 Å². The summed E-state index contributed by atoms with van der Waals surface area (Å²) >= 11 is 0. The monoisotopic (exact) mass is 438 g/mol. The van der Waals surface area contributed by atoms with Crippen molar-refractivity contribution in [3.8, 4) is 0 Å². The lowest BCUT2D eigenvalue weighted by atomic mass is 10.00. The van der Waals surface area contributed by atoms with Gasteiger partial charge in [-0.2, -0.15) is 0 Å². The maximum absolute atomic E-state index is 12.7. The number of nitrogens with two attached hydrogens (primary N) is 1. The second-order valence-corrected chi connectivity index (χ2v) is 8.38. The molecule has 174 valence electrons. The van der Waals surface area contributed by atoms with Gasteiger partial charge in [-0.05, 0) is 25.2 Å². The third-order valence-corrected chi connectivity index (χ3v) is 4.65. The molecule has 7 N–H and O–H groups in total. The highest BCUT2D eigenvalue weighted by atomic mass is 16.4. The molecule has 0 radical (unpaired) electrons. The Morgan fingerprint density at radius 2 is 1.68 bits per heavy atom. The Bertz CT molecular complexity index is 749. The molecule has 11 heteroatoms. The molecule has 0 bridgehead atoms. The molecular formula is C20H34N6O5. The van der Waals surface area contributed by atoms with Crippen molar-refractivity contribution >= 4 is 23.7 Å². The van der Waals surface area contributed by atoms with E-state index in [0.29, 0.717) is 12.1 Å². The van der Waals surface area contributed by atoms with Gasteiger partial charge in [-0.25, -0.2) is 9.78 Å². The average molecular weight is 439 g/mol. The van der Waals surface area contributed by atoms with Crippen LogP contribution in [0.5, 0.6) is 0 Å². The van der Waals surface area contributed by atoms with E-state index in [1.165, 1.54) is 13.3 Å². The Morgan fingerprint density at radius 1 is 1.03 bits per heavy atom. The lowest BCUT2D eigenvalue weighted by Gasteiger charge is -2.25. The van der Waals surface area contributed by atoms with Gasteiger partial charge in [-0.3, -0.25) is 14.4 Å². The number of carboxylic acids is 1. The molecule has 0 aliphatic heterocycles. The number of amides is 3. The smallest absolute Gasteiger partial charge is 0.326 e. The highest BCUT2D eigenvalue weighted by Gasteiger charge is 2.30. The van der Waals surface area contributed by atoms with E-state index in [4.69, 9.17) is 5.73 Å². The third-order valence-electron chi connectivity index (χ3n) is 4.65. The van der Waals surface area contributed by atoms with Crippen molar-refractivity contribution in [2.75, 3.05) is 0 Å². The van der Waals surface area contributed by atoms with Crippen LogP contribution in [0.25, 0.3) is 0 Å². The third kappa shape index (κ3) is 8.75. The molecule has 1 heterocycles. The predicted octanol–water partition coefficient (Wildman–Crippen LogP) is -0.459. The van der Waals surface area contributed by atoms with Crippen LogP contribution in [-0.4, -0.2) is 62.9 Å². The van der Waals surface area contributed by atoms with Crippen LogP contribution >= 0.6 is 0 Å². The maximum Gasteiger partial charge on any atom is 0.326 e. The Morgan fingerprint density at radius 3 is 2.16 bits per heavy atom. The van der Waals surface area contributed by atoms with Gasteiger partial charge in [0.2, 0.25) is 17.7 Å². The first-order valence-corrected chi connectivity index (χ1v) is 10.3. The van der Waals surface area contributed by atoms with E-state index in [-0.39, 0.29) is 18.3 Å². The molecule has 4 unspecified atom stereocenters. The van der Waals surface area contributed by atoms with Gasteiger partial charge in [-0.15, -0.1) is 0 Å². The summed E-state index contributed by atoms with van der Waals surface area (Å²) in [7, 11) is 0. The normalized spacial score (nSPS) is 15.1. The molecule has 0 aliphatic rings. The second kappa shape index (κ2) is 12.0. The quantitative estimate of drug-likeness (QED) is 0.255. The van der Waals surface area contributed by atoms with Crippen molar-refractivity contribution in [1.29, 1.82) is 0 Å². The van der Waals surface area contributed by atoms with E-state index in [9.17, 15) is 24.3 Å². The number of nitrogens with zero attached hydrogens (tertiary/aromatic N) is 1. The van der Waals surface area contributed by atoms with Crippen LogP contribution in [0, 0.1) is 11.8 Å². The van der Waals surface area contributed by atoms with Gasteiger partial charge in [0.1, 0.15) is 18.1 Å². The Labute approximate surface area is 181 Å². The number of hydrogen-bond donors (Lipinski definition) is 6. The number of hydrogen-bond acceptors (Lipinski definition) is 6. The Hall–Kier alpha value is -2.95. The molecule has 11 nitrogen and oxygen atoms in total. The lowest BCUT2D eigenvalue weighted by Crippen LogP contribution is -2.57. The molecule has 3 amide bonds. The fraction of sp³-hybridized carbons (Fsp3) is 0.650. The molecule has 31 heavy (non-hydrogen) atoms. The standard InChI is InChI=1S/C20H34N6O5/c1-10(2)6-15(19(29)26-16(11(3)4)20(30)31)25-17(27)12(5)24-18(28)14(21)7-13-8-22-9-23-13/h8-12,14-16H,6-7,21H2,1-5H3,(H,22,23)(H,24,28)(H,25,27)(H,26,29)(H,30,31). The van der Waals surface area contributed by atoms with Gasteiger partial charge in [0, 0.05) is 18.3 Å². The Kier molecular flexibility index (Phi) is 10.1. The number of H-pyrrole nitrogens is 1. The lowest BCUT2D eigenvalue weighted by molar-refractivity contribution is -0.143. The summed E-state index contributed by atoms with van der Waals surface area (Å²) in [6.45, 7) is 8.60. The first-order valence-electron chi connectivity index (χ1n) is 10.3.